The molecular weight excluding hydrogens is 386 g/mol. The van der Waals surface area contributed by atoms with Crippen LogP contribution in [-0.4, -0.2) is 22.8 Å². The average molecular weight is 400 g/mol. The van der Waals surface area contributed by atoms with Crippen molar-refractivity contribution in [3.05, 3.63) is 69.0 Å². The lowest BCUT2D eigenvalue weighted by atomic mass is 10.1. The minimum absolute atomic E-state index is 0.000296. The number of rotatable bonds is 7. The number of hydrogen-bond donors (Lipinski definition) is 2. The van der Waals surface area contributed by atoms with Gasteiger partial charge in [-0.05, 0) is 46.0 Å². The molecule has 0 saturated carbocycles. The second kappa shape index (κ2) is 8.97. The van der Waals surface area contributed by atoms with Crippen molar-refractivity contribution >= 4 is 43.3 Å². The SMILES string of the molecule is O=C(O)c1c(Cl)cc(/C=C/[P+](=O)OCCc2cccc(O)c2)cc1Cl. The van der Waals surface area contributed by atoms with Crippen molar-refractivity contribution in [2.45, 2.75) is 6.42 Å². The molecule has 8 heteroatoms. The fourth-order valence-electron chi connectivity index (χ4n) is 2.05. The van der Waals surface area contributed by atoms with E-state index in [2.05, 4.69) is 0 Å². The Morgan fingerprint density at radius 1 is 1.20 bits per heavy atom. The lowest BCUT2D eigenvalue weighted by molar-refractivity contribution is 0.0697. The van der Waals surface area contributed by atoms with Gasteiger partial charge < -0.3 is 10.2 Å². The quantitative estimate of drug-likeness (QED) is 0.611. The van der Waals surface area contributed by atoms with Crippen molar-refractivity contribution in [2.75, 3.05) is 6.61 Å². The van der Waals surface area contributed by atoms with Crippen LogP contribution in [0.15, 0.2) is 42.2 Å². The number of phenols is 1. The molecule has 0 aliphatic heterocycles. The summed E-state index contributed by atoms with van der Waals surface area (Å²) in [5, 5.41) is 18.4. The van der Waals surface area contributed by atoms with Crippen molar-refractivity contribution in [2.24, 2.45) is 0 Å². The van der Waals surface area contributed by atoms with E-state index in [0.29, 0.717) is 12.0 Å². The van der Waals surface area contributed by atoms with Crippen LogP contribution in [0.5, 0.6) is 5.75 Å². The summed E-state index contributed by atoms with van der Waals surface area (Å²) in [6.45, 7) is 0.225. The van der Waals surface area contributed by atoms with E-state index in [1.165, 1.54) is 24.0 Å². The van der Waals surface area contributed by atoms with Gasteiger partial charge in [0, 0.05) is 6.42 Å². The molecule has 0 bridgehead atoms. The zero-order chi connectivity index (χ0) is 18.4. The van der Waals surface area contributed by atoms with E-state index in [4.69, 9.17) is 32.8 Å². The molecule has 25 heavy (non-hydrogen) atoms. The first-order valence-electron chi connectivity index (χ1n) is 7.14. The van der Waals surface area contributed by atoms with Crippen LogP contribution in [0.4, 0.5) is 0 Å². The van der Waals surface area contributed by atoms with Gasteiger partial charge in [-0.1, -0.05) is 35.3 Å². The minimum Gasteiger partial charge on any atom is -0.508 e. The van der Waals surface area contributed by atoms with Crippen molar-refractivity contribution < 1.29 is 24.1 Å². The zero-order valence-electron chi connectivity index (χ0n) is 12.9. The summed E-state index contributed by atoms with van der Waals surface area (Å²) in [7, 11) is -2.04. The number of aromatic carboxylic acids is 1. The Hall–Kier alpha value is -1.91. The molecule has 2 rings (SSSR count). The number of carboxylic acid groups (broad SMARTS) is 1. The molecule has 5 nitrogen and oxygen atoms in total. The second-order valence-electron chi connectivity index (χ2n) is 5.02. The molecule has 0 spiro atoms. The molecule has 0 aliphatic rings. The highest BCUT2D eigenvalue weighted by molar-refractivity contribution is 7.43. The maximum Gasteiger partial charge on any atom is 0.540 e. The van der Waals surface area contributed by atoms with E-state index in [1.807, 2.05) is 6.07 Å². The van der Waals surface area contributed by atoms with Gasteiger partial charge in [-0.2, -0.15) is 0 Å². The monoisotopic (exact) mass is 399 g/mol. The van der Waals surface area contributed by atoms with Gasteiger partial charge in [0.1, 0.15) is 12.4 Å². The summed E-state index contributed by atoms with van der Waals surface area (Å²) >= 11 is 11.8. The second-order valence-corrected chi connectivity index (χ2v) is 6.96. The van der Waals surface area contributed by atoms with E-state index in [9.17, 15) is 14.5 Å². The van der Waals surface area contributed by atoms with Crippen LogP contribution in [-0.2, 0) is 15.5 Å². The number of benzene rings is 2. The smallest absolute Gasteiger partial charge is 0.508 e. The largest absolute Gasteiger partial charge is 0.540 e. The van der Waals surface area contributed by atoms with Crippen LogP contribution < -0.4 is 0 Å². The van der Waals surface area contributed by atoms with Gasteiger partial charge >= 0.3 is 14.0 Å². The van der Waals surface area contributed by atoms with Gasteiger partial charge in [0.05, 0.1) is 15.6 Å². The Morgan fingerprint density at radius 2 is 1.88 bits per heavy atom. The predicted molar refractivity (Wildman–Crippen MR) is 97.8 cm³/mol. The summed E-state index contributed by atoms with van der Waals surface area (Å²) in [5.74, 6) is 0.299. The van der Waals surface area contributed by atoms with Crippen LogP contribution >= 0.6 is 31.2 Å². The third kappa shape index (κ3) is 5.83. The first-order valence-corrected chi connectivity index (χ1v) is 9.15. The number of phenolic OH excluding ortho intramolecular Hbond substituents is 1. The molecule has 0 saturated heterocycles. The molecule has 0 amide bonds. The minimum atomic E-state index is -2.04. The van der Waals surface area contributed by atoms with Gasteiger partial charge in [0.2, 0.25) is 0 Å². The number of aromatic hydroxyl groups is 1. The maximum absolute atomic E-state index is 11.8. The molecular formula is C17H14Cl2O5P+. The van der Waals surface area contributed by atoms with E-state index < -0.39 is 14.0 Å². The topological polar surface area (TPSA) is 83.8 Å². The summed E-state index contributed by atoms with van der Waals surface area (Å²) in [6.07, 6.45) is 2.00. The van der Waals surface area contributed by atoms with Crippen molar-refractivity contribution in [1.29, 1.82) is 0 Å². The highest BCUT2D eigenvalue weighted by Gasteiger charge is 2.16. The maximum atomic E-state index is 11.8. The van der Waals surface area contributed by atoms with Crippen molar-refractivity contribution in [3.8, 4) is 5.75 Å². The van der Waals surface area contributed by atoms with E-state index in [1.54, 1.807) is 18.2 Å². The normalized spacial score (nSPS) is 11.7. The Balaban J connectivity index is 1.93. The van der Waals surface area contributed by atoms with Crippen LogP contribution in [0.3, 0.4) is 0 Å². The number of carboxylic acids is 1. The van der Waals surface area contributed by atoms with Crippen LogP contribution in [0.25, 0.3) is 6.08 Å². The highest BCUT2D eigenvalue weighted by atomic mass is 35.5. The molecule has 0 aliphatic carbocycles. The van der Waals surface area contributed by atoms with Gasteiger partial charge in [0.15, 0.2) is 5.82 Å². The fourth-order valence-corrected chi connectivity index (χ4v) is 3.37. The molecule has 1 unspecified atom stereocenters. The van der Waals surface area contributed by atoms with Crippen LogP contribution in [0.1, 0.15) is 21.5 Å². The van der Waals surface area contributed by atoms with Gasteiger partial charge in [0.25, 0.3) is 0 Å². The Morgan fingerprint density at radius 3 is 2.48 bits per heavy atom. The van der Waals surface area contributed by atoms with Crippen LogP contribution in [0, 0.1) is 0 Å². The van der Waals surface area contributed by atoms with Gasteiger partial charge in [-0.3, -0.25) is 0 Å². The third-order valence-corrected chi connectivity index (χ3v) is 4.61. The third-order valence-electron chi connectivity index (χ3n) is 3.19. The number of halogens is 2. The summed E-state index contributed by atoms with van der Waals surface area (Å²) in [4.78, 5) is 11.0. The average Bonchev–Trinajstić information content (AvgIpc) is 2.52. The lowest BCUT2D eigenvalue weighted by Crippen LogP contribution is -1.99. The number of hydrogen-bond acceptors (Lipinski definition) is 4. The Kier molecular flexibility index (Phi) is 6.97. The first-order chi connectivity index (χ1) is 11.9. The van der Waals surface area contributed by atoms with Crippen molar-refractivity contribution in [3.63, 3.8) is 0 Å². The summed E-state index contributed by atoms with van der Waals surface area (Å²) in [6, 6.07) is 9.57. The molecule has 0 radical (unpaired) electrons. The number of carbonyl (C=O) groups is 1. The Labute approximate surface area is 155 Å². The van der Waals surface area contributed by atoms with E-state index in [-0.39, 0.29) is 28.0 Å². The molecule has 0 heterocycles. The van der Waals surface area contributed by atoms with Gasteiger partial charge in [-0.25, -0.2) is 4.79 Å². The molecule has 0 fully saturated rings. The molecule has 2 N–H and O–H groups in total. The molecule has 0 aromatic heterocycles. The summed E-state index contributed by atoms with van der Waals surface area (Å²) < 4.78 is 17.1. The van der Waals surface area contributed by atoms with Gasteiger partial charge in [-0.15, -0.1) is 4.52 Å². The van der Waals surface area contributed by atoms with E-state index in [0.717, 1.165) is 5.56 Å². The fraction of sp³-hybridized carbons (Fsp3) is 0.118. The van der Waals surface area contributed by atoms with E-state index >= 15 is 0 Å². The highest BCUT2D eigenvalue weighted by Crippen LogP contribution is 2.30. The summed E-state index contributed by atoms with van der Waals surface area (Å²) in [5.41, 5.74) is 1.21. The first kappa shape index (κ1) is 19.4. The molecule has 130 valence electrons. The zero-order valence-corrected chi connectivity index (χ0v) is 15.3. The Bertz CT molecular complexity index is 813. The standard InChI is InChI=1S/C17H13Cl2O5P/c18-14-9-12(10-15(19)16(14)17(21)22)5-7-25(23)24-6-4-11-2-1-3-13(20)8-11/h1-3,5,7-10H,4,6H2,(H-,20,21,22)/p+1/b7-5+. The molecule has 1 atom stereocenters. The van der Waals surface area contributed by atoms with Crippen molar-refractivity contribution in [1.82, 2.24) is 0 Å². The molecule has 2 aromatic rings. The predicted octanol–water partition coefficient (Wildman–Crippen LogP) is 5.37. The van der Waals surface area contributed by atoms with Crippen LogP contribution in [0.2, 0.25) is 10.0 Å². The lowest BCUT2D eigenvalue weighted by Gasteiger charge is -2.03. The molecule has 2 aromatic carbocycles.